The van der Waals surface area contributed by atoms with Crippen LogP contribution in [-0.2, 0) is 4.79 Å². The molecular formula is C17H16N2O4. The van der Waals surface area contributed by atoms with Gasteiger partial charge in [-0.3, -0.25) is 4.79 Å². The van der Waals surface area contributed by atoms with Crippen LogP contribution in [0.1, 0.15) is 11.6 Å². The van der Waals surface area contributed by atoms with Crippen molar-refractivity contribution in [2.24, 2.45) is 5.73 Å². The van der Waals surface area contributed by atoms with Crippen LogP contribution in [0.15, 0.2) is 42.5 Å². The largest absolute Gasteiger partial charge is 0.497 e. The van der Waals surface area contributed by atoms with E-state index >= 15 is 0 Å². The van der Waals surface area contributed by atoms with Crippen LogP contribution in [0.4, 0.5) is 5.69 Å². The molecule has 1 saturated heterocycles. The fourth-order valence-corrected chi connectivity index (χ4v) is 3.00. The van der Waals surface area contributed by atoms with Crippen molar-refractivity contribution in [2.75, 3.05) is 18.8 Å². The van der Waals surface area contributed by atoms with Crippen molar-refractivity contribution in [3.63, 3.8) is 0 Å². The van der Waals surface area contributed by atoms with Gasteiger partial charge in [0.2, 0.25) is 12.7 Å². The molecule has 1 amide bonds. The van der Waals surface area contributed by atoms with E-state index in [9.17, 15) is 4.79 Å². The molecule has 6 nitrogen and oxygen atoms in total. The van der Waals surface area contributed by atoms with Crippen molar-refractivity contribution in [1.29, 1.82) is 0 Å². The molecule has 0 aliphatic carbocycles. The van der Waals surface area contributed by atoms with Crippen LogP contribution in [0.25, 0.3) is 0 Å². The lowest BCUT2D eigenvalue weighted by Gasteiger charge is -2.45. The average molecular weight is 312 g/mol. The third kappa shape index (κ3) is 2.10. The monoisotopic (exact) mass is 312 g/mol. The lowest BCUT2D eigenvalue weighted by Crippen LogP contribution is -2.63. The van der Waals surface area contributed by atoms with E-state index in [1.54, 1.807) is 12.0 Å². The van der Waals surface area contributed by atoms with Crippen LogP contribution in [-0.4, -0.2) is 25.9 Å². The zero-order valence-corrected chi connectivity index (χ0v) is 12.6. The Hall–Kier alpha value is -2.73. The number of nitrogens with zero attached hydrogens (tertiary/aromatic N) is 1. The number of hydrogen-bond donors (Lipinski definition) is 1. The minimum atomic E-state index is -0.558. The highest BCUT2D eigenvalue weighted by Gasteiger charge is 2.47. The first-order chi connectivity index (χ1) is 11.2. The Morgan fingerprint density at radius 2 is 1.87 bits per heavy atom. The van der Waals surface area contributed by atoms with Gasteiger partial charge in [-0.25, -0.2) is 0 Å². The number of benzene rings is 2. The first kappa shape index (κ1) is 13.9. The topological polar surface area (TPSA) is 74.0 Å². The van der Waals surface area contributed by atoms with E-state index in [0.717, 1.165) is 17.0 Å². The molecule has 2 aliphatic rings. The van der Waals surface area contributed by atoms with Crippen LogP contribution < -0.4 is 24.8 Å². The van der Waals surface area contributed by atoms with Gasteiger partial charge in [-0.05, 0) is 42.0 Å². The second-order valence-corrected chi connectivity index (χ2v) is 5.49. The van der Waals surface area contributed by atoms with Gasteiger partial charge in [0.25, 0.3) is 0 Å². The van der Waals surface area contributed by atoms with Crippen molar-refractivity contribution >= 4 is 11.6 Å². The third-order valence-corrected chi connectivity index (χ3v) is 4.23. The molecule has 2 aromatic rings. The van der Waals surface area contributed by atoms with E-state index in [-0.39, 0.29) is 18.7 Å². The molecule has 6 heteroatoms. The summed E-state index contributed by atoms with van der Waals surface area (Å²) in [5, 5.41) is 0. The highest BCUT2D eigenvalue weighted by Crippen LogP contribution is 2.42. The standard InChI is InChI=1S/C17H16N2O4/c1-21-12-5-3-11(4-6-12)19-16(15(18)17(19)20)10-2-7-13-14(8-10)23-9-22-13/h2-8,15-16H,9,18H2,1H3. The first-order valence-electron chi connectivity index (χ1n) is 7.31. The summed E-state index contributed by atoms with van der Waals surface area (Å²) in [5.74, 6) is 2.04. The number of carbonyl (C=O) groups is 1. The molecule has 118 valence electrons. The molecule has 4 rings (SSSR count). The number of rotatable bonds is 3. The van der Waals surface area contributed by atoms with Gasteiger partial charge in [0.15, 0.2) is 11.5 Å². The van der Waals surface area contributed by atoms with Crippen molar-refractivity contribution in [3.05, 3.63) is 48.0 Å². The van der Waals surface area contributed by atoms with Gasteiger partial charge >= 0.3 is 0 Å². The fraction of sp³-hybridized carbons (Fsp3) is 0.235. The zero-order chi connectivity index (χ0) is 16.0. The van der Waals surface area contributed by atoms with Gasteiger partial charge in [-0.15, -0.1) is 0 Å². The number of carbonyl (C=O) groups excluding carboxylic acids is 1. The summed E-state index contributed by atoms with van der Waals surface area (Å²) in [5.41, 5.74) is 7.76. The summed E-state index contributed by atoms with van der Waals surface area (Å²) in [6.07, 6.45) is 0. The van der Waals surface area contributed by atoms with Crippen LogP contribution >= 0.6 is 0 Å². The maximum Gasteiger partial charge on any atom is 0.247 e. The minimum absolute atomic E-state index is 0.0992. The first-order valence-corrected chi connectivity index (χ1v) is 7.31. The molecule has 0 saturated carbocycles. The Morgan fingerprint density at radius 3 is 2.61 bits per heavy atom. The number of methoxy groups -OCH3 is 1. The molecule has 2 heterocycles. The number of ether oxygens (including phenoxy) is 3. The van der Waals surface area contributed by atoms with Gasteiger partial charge in [-0.2, -0.15) is 0 Å². The van der Waals surface area contributed by atoms with Crippen molar-refractivity contribution in [1.82, 2.24) is 0 Å². The van der Waals surface area contributed by atoms with Crippen molar-refractivity contribution in [3.8, 4) is 17.2 Å². The summed E-state index contributed by atoms with van der Waals surface area (Å²) >= 11 is 0. The van der Waals surface area contributed by atoms with E-state index in [0.29, 0.717) is 11.5 Å². The lowest BCUT2D eigenvalue weighted by molar-refractivity contribution is -0.126. The smallest absolute Gasteiger partial charge is 0.247 e. The average Bonchev–Trinajstić information content (AvgIpc) is 3.06. The number of anilines is 1. The molecule has 0 aromatic heterocycles. The number of nitrogens with two attached hydrogens (primary N) is 1. The Bertz CT molecular complexity index is 760. The fourth-order valence-electron chi connectivity index (χ4n) is 3.00. The van der Waals surface area contributed by atoms with Crippen LogP contribution in [0.3, 0.4) is 0 Å². The summed E-state index contributed by atoms with van der Waals surface area (Å²) in [4.78, 5) is 13.9. The number of hydrogen-bond acceptors (Lipinski definition) is 5. The predicted molar refractivity (Wildman–Crippen MR) is 83.8 cm³/mol. The van der Waals surface area contributed by atoms with Crippen LogP contribution in [0, 0.1) is 0 Å². The summed E-state index contributed by atoms with van der Waals surface area (Å²) in [6, 6.07) is 12.2. The molecule has 23 heavy (non-hydrogen) atoms. The summed E-state index contributed by atoms with van der Waals surface area (Å²) in [7, 11) is 1.61. The van der Waals surface area contributed by atoms with E-state index in [2.05, 4.69) is 0 Å². The molecular weight excluding hydrogens is 296 g/mol. The Kier molecular flexibility index (Phi) is 3.12. The van der Waals surface area contributed by atoms with Crippen LogP contribution in [0.5, 0.6) is 17.2 Å². The molecule has 0 spiro atoms. The van der Waals surface area contributed by atoms with Gasteiger partial charge in [0.1, 0.15) is 11.8 Å². The van der Waals surface area contributed by atoms with Gasteiger partial charge < -0.3 is 24.8 Å². The molecule has 2 aromatic carbocycles. The Morgan fingerprint density at radius 1 is 1.13 bits per heavy atom. The molecule has 1 fully saturated rings. The Balaban J connectivity index is 1.67. The molecule has 2 aliphatic heterocycles. The predicted octanol–water partition coefficient (Wildman–Crippen LogP) is 1.84. The Labute approximate surface area is 133 Å². The SMILES string of the molecule is COc1ccc(N2C(=O)C(N)C2c2ccc3c(c2)OCO3)cc1. The molecule has 2 atom stereocenters. The molecule has 0 radical (unpaired) electrons. The summed E-state index contributed by atoms with van der Waals surface area (Å²) in [6.45, 7) is 0.219. The maximum absolute atomic E-state index is 12.2. The van der Waals surface area contributed by atoms with Gasteiger partial charge in [0, 0.05) is 5.69 Å². The number of amides is 1. The van der Waals surface area contributed by atoms with Crippen molar-refractivity contribution in [2.45, 2.75) is 12.1 Å². The van der Waals surface area contributed by atoms with Crippen LogP contribution in [0.2, 0.25) is 0 Å². The number of β-lactam (4-membered cyclic amide) rings is 1. The highest BCUT2D eigenvalue weighted by atomic mass is 16.7. The molecule has 2 unspecified atom stereocenters. The second-order valence-electron chi connectivity index (χ2n) is 5.49. The lowest BCUT2D eigenvalue weighted by atomic mass is 9.88. The third-order valence-electron chi connectivity index (χ3n) is 4.23. The zero-order valence-electron chi connectivity index (χ0n) is 12.6. The van der Waals surface area contributed by atoms with E-state index in [4.69, 9.17) is 19.9 Å². The highest BCUT2D eigenvalue weighted by molar-refractivity contribution is 6.05. The van der Waals surface area contributed by atoms with E-state index < -0.39 is 6.04 Å². The molecule has 2 N–H and O–H groups in total. The summed E-state index contributed by atoms with van der Waals surface area (Å²) < 4.78 is 15.9. The van der Waals surface area contributed by atoms with Crippen molar-refractivity contribution < 1.29 is 19.0 Å². The van der Waals surface area contributed by atoms with E-state index in [1.807, 2.05) is 42.5 Å². The minimum Gasteiger partial charge on any atom is -0.497 e. The van der Waals surface area contributed by atoms with Gasteiger partial charge in [-0.1, -0.05) is 6.07 Å². The second kappa shape index (κ2) is 5.17. The number of fused-ring (bicyclic) bond motifs is 1. The maximum atomic E-state index is 12.2. The molecule has 0 bridgehead atoms. The van der Waals surface area contributed by atoms with E-state index in [1.165, 1.54) is 0 Å². The van der Waals surface area contributed by atoms with Gasteiger partial charge in [0.05, 0.1) is 13.2 Å². The normalized spacial score (nSPS) is 22.0. The quantitative estimate of drug-likeness (QED) is 0.875.